The summed E-state index contributed by atoms with van der Waals surface area (Å²) in [5, 5.41) is 6.17. The molecule has 2 aromatic heterocycles. The minimum atomic E-state index is -0.590. The van der Waals surface area contributed by atoms with Gasteiger partial charge in [0.05, 0.1) is 0 Å². The summed E-state index contributed by atoms with van der Waals surface area (Å²) in [4.78, 5) is 15.8. The summed E-state index contributed by atoms with van der Waals surface area (Å²) in [6, 6.07) is 9.46. The van der Waals surface area contributed by atoms with E-state index in [9.17, 15) is 9.18 Å². The molecule has 6 nitrogen and oxygen atoms in total. The molecule has 0 radical (unpaired) electrons. The van der Waals surface area contributed by atoms with Crippen molar-refractivity contribution < 1.29 is 18.1 Å². The van der Waals surface area contributed by atoms with Crippen LogP contribution in [0.1, 0.15) is 16.2 Å². The predicted molar refractivity (Wildman–Crippen MR) is 77.3 cm³/mol. The maximum atomic E-state index is 13.5. The standard InChI is InChI=1S/C14H9BrFN3O3/c15-11-6-5-10(21-11)12-18-14(22-19-12)13(20)17-7-8-3-1-2-4-9(8)16/h1-6H,7H2,(H,17,20). The highest BCUT2D eigenvalue weighted by Crippen LogP contribution is 2.22. The summed E-state index contributed by atoms with van der Waals surface area (Å²) >= 11 is 3.16. The number of amides is 1. The third-order valence-electron chi connectivity index (χ3n) is 2.81. The number of carbonyl (C=O) groups excluding carboxylic acids is 1. The zero-order chi connectivity index (χ0) is 15.5. The Labute approximate surface area is 132 Å². The van der Waals surface area contributed by atoms with Crippen LogP contribution in [-0.4, -0.2) is 16.0 Å². The number of carbonyl (C=O) groups is 1. The number of benzene rings is 1. The quantitative estimate of drug-likeness (QED) is 0.767. The topological polar surface area (TPSA) is 81.2 Å². The summed E-state index contributed by atoms with van der Waals surface area (Å²) in [5.74, 6) is -0.688. The van der Waals surface area contributed by atoms with Crippen LogP contribution < -0.4 is 5.32 Å². The molecule has 0 unspecified atom stereocenters. The summed E-state index contributed by atoms with van der Waals surface area (Å²) < 4.78 is 24.1. The van der Waals surface area contributed by atoms with Gasteiger partial charge in [-0.3, -0.25) is 4.79 Å². The molecular formula is C14H9BrFN3O3. The second kappa shape index (κ2) is 6.10. The Morgan fingerprint density at radius 1 is 1.27 bits per heavy atom. The number of halogens is 2. The minimum absolute atomic E-state index is 0.0233. The molecule has 0 aliphatic heterocycles. The zero-order valence-electron chi connectivity index (χ0n) is 11.0. The molecular weight excluding hydrogens is 357 g/mol. The predicted octanol–water partition coefficient (Wildman–Crippen LogP) is 3.16. The third kappa shape index (κ3) is 3.06. The highest BCUT2D eigenvalue weighted by molar-refractivity contribution is 9.10. The van der Waals surface area contributed by atoms with Crippen molar-refractivity contribution in [2.75, 3.05) is 0 Å². The normalized spacial score (nSPS) is 10.6. The number of aromatic nitrogens is 2. The molecule has 8 heteroatoms. The zero-order valence-corrected chi connectivity index (χ0v) is 12.6. The summed E-state index contributed by atoms with van der Waals surface area (Å²) in [6.07, 6.45) is 0. The second-order valence-corrected chi connectivity index (χ2v) is 5.08. The van der Waals surface area contributed by atoms with Crippen molar-refractivity contribution in [1.82, 2.24) is 15.5 Å². The smallest absolute Gasteiger partial charge is 0.316 e. The largest absolute Gasteiger partial charge is 0.446 e. The van der Waals surface area contributed by atoms with E-state index in [1.807, 2.05) is 0 Å². The first-order chi connectivity index (χ1) is 10.6. The number of furan rings is 1. The Kier molecular flexibility index (Phi) is 4.01. The molecule has 2 heterocycles. The van der Waals surface area contributed by atoms with Gasteiger partial charge in [0.25, 0.3) is 0 Å². The van der Waals surface area contributed by atoms with E-state index in [0.29, 0.717) is 16.0 Å². The van der Waals surface area contributed by atoms with E-state index in [0.717, 1.165) is 0 Å². The van der Waals surface area contributed by atoms with Crippen LogP contribution in [0.25, 0.3) is 11.6 Å². The van der Waals surface area contributed by atoms with Gasteiger partial charge >= 0.3 is 11.8 Å². The Bertz CT molecular complexity index is 815. The van der Waals surface area contributed by atoms with Crippen molar-refractivity contribution in [1.29, 1.82) is 0 Å². The van der Waals surface area contributed by atoms with Crippen LogP contribution in [0.4, 0.5) is 4.39 Å². The van der Waals surface area contributed by atoms with Crippen LogP contribution in [0, 0.1) is 5.82 Å². The van der Waals surface area contributed by atoms with E-state index in [-0.39, 0.29) is 18.3 Å². The Balaban J connectivity index is 1.68. The van der Waals surface area contributed by atoms with Crippen molar-refractivity contribution in [3.05, 3.63) is 58.3 Å². The van der Waals surface area contributed by atoms with Crippen molar-refractivity contribution >= 4 is 21.8 Å². The number of nitrogens with one attached hydrogen (secondary N) is 1. The lowest BCUT2D eigenvalue weighted by Gasteiger charge is -2.03. The summed E-state index contributed by atoms with van der Waals surface area (Å²) in [6.45, 7) is 0.0233. The first-order valence-corrected chi connectivity index (χ1v) is 7.04. The fraction of sp³-hybridized carbons (Fsp3) is 0.0714. The number of hydrogen-bond acceptors (Lipinski definition) is 5. The lowest BCUT2D eigenvalue weighted by atomic mass is 10.2. The maximum Gasteiger partial charge on any atom is 0.316 e. The molecule has 0 atom stereocenters. The van der Waals surface area contributed by atoms with Crippen LogP contribution in [-0.2, 0) is 6.54 Å². The van der Waals surface area contributed by atoms with Crippen molar-refractivity contribution in [3.8, 4) is 11.6 Å². The monoisotopic (exact) mass is 365 g/mol. The molecule has 3 rings (SSSR count). The maximum absolute atomic E-state index is 13.5. The van der Waals surface area contributed by atoms with E-state index in [1.165, 1.54) is 6.07 Å². The Hall–Kier alpha value is -2.48. The van der Waals surface area contributed by atoms with Gasteiger partial charge in [-0.05, 0) is 34.1 Å². The molecule has 0 saturated heterocycles. The van der Waals surface area contributed by atoms with Crippen molar-refractivity contribution in [2.24, 2.45) is 0 Å². The first kappa shape index (κ1) is 14.5. The van der Waals surface area contributed by atoms with Crippen LogP contribution in [0.15, 0.2) is 50.0 Å². The van der Waals surface area contributed by atoms with E-state index < -0.39 is 11.7 Å². The van der Waals surface area contributed by atoms with Crippen LogP contribution in [0.3, 0.4) is 0 Å². The van der Waals surface area contributed by atoms with Gasteiger partial charge < -0.3 is 14.3 Å². The number of rotatable bonds is 4. The molecule has 0 fully saturated rings. The molecule has 112 valence electrons. The van der Waals surface area contributed by atoms with Crippen LogP contribution in [0.5, 0.6) is 0 Å². The Morgan fingerprint density at radius 2 is 2.09 bits per heavy atom. The van der Waals surface area contributed by atoms with Gasteiger partial charge in [-0.25, -0.2) is 4.39 Å². The van der Waals surface area contributed by atoms with Gasteiger partial charge in [0, 0.05) is 12.1 Å². The molecule has 1 amide bonds. The fourth-order valence-electron chi connectivity index (χ4n) is 1.74. The highest BCUT2D eigenvalue weighted by atomic mass is 79.9. The SMILES string of the molecule is O=C(NCc1ccccc1F)c1nc(-c2ccc(Br)o2)no1. The summed E-state index contributed by atoms with van der Waals surface area (Å²) in [7, 11) is 0. The average Bonchev–Trinajstić information content (AvgIpc) is 3.15. The molecule has 0 bridgehead atoms. The molecule has 1 aromatic carbocycles. The molecule has 0 saturated carbocycles. The van der Waals surface area contributed by atoms with E-state index >= 15 is 0 Å². The lowest BCUT2D eigenvalue weighted by molar-refractivity contribution is 0.0906. The number of nitrogens with zero attached hydrogens (tertiary/aromatic N) is 2. The van der Waals surface area contributed by atoms with Gasteiger partial charge in [-0.2, -0.15) is 4.98 Å². The average molecular weight is 366 g/mol. The fourth-order valence-corrected chi connectivity index (χ4v) is 2.05. The van der Waals surface area contributed by atoms with Crippen LogP contribution in [0.2, 0.25) is 0 Å². The third-order valence-corrected chi connectivity index (χ3v) is 3.24. The molecule has 0 spiro atoms. The van der Waals surface area contributed by atoms with E-state index in [2.05, 4.69) is 31.4 Å². The van der Waals surface area contributed by atoms with Gasteiger partial charge in [0.2, 0.25) is 5.82 Å². The second-order valence-electron chi connectivity index (χ2n) is 4.30. The van der Waals surface area contributed by atoms with Crippen molar-refractivity contribution in [2.45, 2.75) is 6.54 Å². The van der Waals surface area contributed by atoms with Gasteiger partial charge in [0.15, 0.2) is 10.4 Å². The van der Waals surface area contributed by atoms with Gasteiger partial charge in [-0.1, -0.05) is 23.4 Å². The van der Waals surface area contributed by atoms with Gasteiger partial charge in [0.1, 0.15) is 5.82 Å². The molecule has 22 heavy (non-hydrogen) atoms. The van der Waals surface area contributed by atoms with Gasteiger partial charge in [-0.15, -0.1) is 0 Å². The summed E-state index contributed by atoms with van der Waals surface area (Å²) in [5.41, 5.74) is 0.366. The molecule has 3 aromatic rings. The van der Waals surface area contributed by atoms with Crippen molar-refractivity contribution in [3.63, 3.8) is 0 Å². The molecule has 1 N–H and O–H groups in total. The first-order valence-electron chi connectivity index (χ1n) is 6.24. The minimum Gasteiger partial charge on any atom is -0.446 e. The molecule has 0 aliphatic rings. The van der Waals surface area contributed by atoms with E-state index in [1.54, 1.807) is 30.3 Å². The van der Waals surface area contributed by atoms with Crippen LogP contribution >= 0.6 is 15.9 Å². The van der Waals surface area contributed by atoms with E-state index in [4.69, 9.17) is 8.94 Å². The highest BCUT2D eigenvalue weighted by Gasteiger charge is 2.18. The number of hydrogen-bond donors (Lipinski definition) is 1. The Morgan fingerprint density at radius 3 is 2.82 bits per heavy atom. The lowest BCUT2D eigenvalue weighted by Crippen LogP contribution is -2.23. The molecule has 0 aliphatic carbocycles.